The standard InChI is InChI=1S/C19H18ClFN2O4/c1-26-16-9-15(17(27-2)8-14(16)20)22-19(25)11-7-18(24)23(10-11)13-5-3-12(21)4-6-13/h3-6,8-9,11H,7,10H2,1-2H3,(H,22,25)/t11-/m1/s1. The number of hydrogen-bond acceptors (Lipinski definition) is 4. The van der Waals surface area contributed by atoms with E-state index in [0.29, 0.717) is 27.9 Å². The predicted molar refractivity (Wildman–Crippen MR) is 100 cm³/mol. The molecule has 1 heterocycles. The van der Waals surface area contributed by atoms with Crippen LogP contribution < -0.4 is 19.7 Å². The first kappa shape index (κ1) is 19.0. The summed E-state index contributed by atoms with van der Waals surface area (Å²) in [5.41, 5.74) is 0.957. The van der Waals surface area contributed by atoms with Crippen molar-refractivity contribution in [2.75, 3.05) is 31.0 Å². The Morgan fingerprint density at radius 3 is 2.48 bits per heavy atom. The summed E-state index contributed by atoms with van der Waals surface area (Å²) in [5.74, 6) is -0.674. The highest BCUT2D eigenvalue weighted by Gasteiger charge is 2.35. The van der Waals surface area contributed by atoms with Crippen LogP contribution in [0.2, 0.25) is 5.02 Å². The third-order valence-corrected chi connectivity index (χ3v) is 4.66. The van der Waals surface area contributed by atoms with Gasteiger partial charge in [-0.3, -0.25) is 9.59 Å². The van der Waals surface area contributed by atoms with E-state index in [0.717, 1.165) is 0 Å². The van der Waals surface area contributed by atoms with Gasteiger partial charge in [0.15, 0.2) is 0 Å². The van der Waals surface area contributed by atoms with Crippen molar-refractivity contribution in [2.24, 2.45) is 5.92 Å². The van der Waals surface area contributed by atoms with E-state index in [1.165, 1.54) is 43.4 Å². The summed E-state index contributed by atoms with van der Waals surface area (Å²) in [6.07, 6.45) is 0.0657. The Balaban J connectivity index is 1.76. The van der Waals surface area contributed by atoms with Crippen LogP contribution in [0.1, 0.15) is 6.42 Å². The number of rotatable bonds is 5. The molecule has 3 rings (SSSR count). The molecule has 2 amide bonds. The zero-order chi connectivity index (χ0) is 19.6. The van der Waals surface area contributed by atoms with Crippen LogP contribution in [0.15, 0.2) is 36.4 Å². The maximum absolute atomic E-state index is 13.1. The Hall–Kier alpha value is -2.80. The smallest absolute Gasteiger partial charge is 0.229 e. The Labute approximate surface area is 160 Å². The minimum absolute atomic E-state index is 0.0657. The summed E-state index contributed by atoms with van der Waals surface area (Å²) in [7, 11) is 2.93. The molecule has 1 saturated heterocycles. The molecule has 1 fully saturated rings. The van der Waals surface area contributed by atoms with Crippen molar-refractivity contribution in [3.05, 3.63) is 47.2 Å². The van der Waals surface area contributed by atoms with E-state index in [-0.39, 0.29) is 30.6 Å². The molecule has 0 radical (unpaired) electrons. The van der Waals surface area contributed by atoms with E-state index in [9.17, 15) is 14.0 Å². The number of anilines is 2. The van der Waals surface area contributed by atoms with Crippen LogP contribution in [0.5, 0.6) is 11.5 Å². The number of methoxy groups -OCH3 is 2. The highest BCUT2D eigenvalue weighted by atomic mass is 35.5. The van der Waals surface area contributed by atoms with Crippen molar-refractivity contribution >= 4 is 34.8 Å². The Morgan fingerprint density at radius 1 is 1.19 bits per heavy atom. The lowest BCUT2D eigenvalue weighted by atomic mass is 10.1. The molecule has 1 aliphatic rings. The molecule has 27 heavy (non-hydrogen) atoms. The van der Waals surface area contributed by atoms with Gasteiger partial charge in [0, 0.05) is 30.8 Å². The lowest BCUT2D eigenvalue weighted by Gasteiger charge is -2.17. The number of benzene rings is 2. The summed E-state index contributed by atoms with van der Waals surface area (Å²) >= 11 is 6.07. The molecule has 2 aromatic rings. The first-order valence-electron chi connectivity index (χ1n) is 8.21. The third-order valence-electron chi connectivity index (χ3n) is 4.37. The molecule has 1 N–H and O–H groups in total. The Bertz CT molecular complexity index is 873. The topological polar surface area (TPSA) is 67.9 Å². The summed E-state index contributed by atoms with van der Waals surface area (Å²) < 4.78 is 23.5. The van der Waals surface area contributed by atoms with E-state index in [1.54, 1.807) is 12.1 Å². The van der Waals surface area contributed by atoms with E-state index in [2.05, 4.69) is 5.32 Å². The first-order valence-corrected chi connectivity index (χ1v) is 8.59. The summed E-state index contributed by atoms with van der Waals surface area (Å²) in [6, 6.07) is 8.69. The molecule has 1 atom stereocenters. The molecule has 0 spiro atoms. The Morgan fingerprint density at radius 2 is 1.85 bits per heavy atom. The van der Waals surface area contributed by atoms with Crippen LogP contribution in [0.3, 0.4) is 0 Å². The monoisotopic (exact) mass is 392 g/mol. The highest BCUT2D eigenvalue weighted by Crippen LogP contribution is 2.36. The van der Waals surface area contributed by atoms with E-state index < -0.39 is 5.92 Å². The van der Waals surface area contributed by atoms with Gasteiger partial charge >= 0.3 is 0 Å². The second-order valence-electron chi connectivity index (χ2n) is 6.06. The van der Waals surface area contributed by atoms with Gasteiger partial charge in [0.2, 0.25) is 11.8 Å². The molecule has 2 aromatic carbocycles. The number of halogens is 2. The average Bonchev–Trinajstić information content (AvgIpc) is 3.05. The fraction of sp³-hybridized carbons (Fsp3) is 0.263. The zero-order valence-electron chi connectivity index (χ0n) is 14.8. The van der Waals surface area contributed by atoms with Gasteiger partial charge in [-0.25, -0.2) is 4.39 Å². The van der Waals surface area contributed by atoms with Gasteiger partial charge in [-0.15, -0.1) is 0 Å². The number of carbonyl (C=O) groups is 2. The fourth-order valence-corrected chi connectivity index (χ4v) is 3.18. The van der Waals surface area contributed by atoms with Gasteiger partial charge in [0.05, 0.1) is 30.8 Å². The van der Waals surface area contributed by atoms with Crippen molar-refractivity contribution in [2.45, 2.75) is 6.42 Å². The van der Waals surface area contributed by atoms with E-state index in [1.807, 2.05) is 0 Å². The number of hydrogen-bond donors (Lipinski definition) is 1. The third kappa shape index (κ3) is 3.98. The SMILES string of the molecule is COc1cc(NC(=O)[C@@H]2CC(=O)N(c3ccc(F)cc3)C2)c(OC)cc1Cl. The normalized spacial score (nSPS) is 16.4. The van der Waals surface area contributed by atoms with E-state index >= 15 is 0 Å². The van der Waals surface area contributed by atoms with Crippen LogP contribution in [-0.2, 0) is 9.59 Å². The number of nitrogens with one attached hydrogen (secondary N) is 1. The first-order chi connectivity index (χ1) is 12.9. The van der Waals surface area contributed by atoms with Crippen molar-refractivity contribution in [3.8, 4) is 11.5 Å². The molecule has 142 valence electrons. The van der Waals surface area contributed by atoms with Gasteiger partial charge in [0.1, 0.15) is 17.3 Å². The van der Waals surface area contributed by atoms with Gasteiger partial charge in [0.25, 0.3) is 0 Å². The average molecular weight is 393 g/mol. The summed E-state index contributed by atoms with van der Waals surface area (Å²) in [4.78, 5) is 26.4. The van der Waals surface area contributed by atoms with E-state index in [4.69, 9.17) is 21.1 Å². The van der Waals surface area contributed by atoms with Gasteiger partial charge in [-0.05, 0) is 24.3 Å². The largest absolute Gasteiger partial charge is 0.495 e. The van der Waals surface area contributed by atoms with Gasteiger partial charge in [-0.1, -0.05) is 11.6 Å². The molecule has 0 aromatic heterocycles. The molecular formula is C19H18ClFN2O4. The molecule has 8 heteroatoms. The highest BCUT2D eigenvalue weighted by molar-refractivity contribution is 6.32. The van der Waals surface area contributed by atoms with Gasteiger partial charge < -0.3 is 19.7 Å². The predicted octanol–water partition coefficient (Wildman–Crippen LogP) is 3.49. The lowest BCUT2D eigenvalue weighted by Crippen LogP contribution is -2.28. The van der Waals surface area contributed by atoms with Gasteiger partial charge in [-0.2, -0.15) is 0 Å². The maximum atomic E-state index is 13.1. The molecule has 0 saturated carbocycles. The number of amides is 2. The quantitative estimate of drug-likeness (QED) is 0.845. The number of nitrogens with zero attached hydrogens (tertiary/aromatic N) is 1. The fourth-order valence-electron chi connectivity index (χ4n) is 2.95. The molecule has 1 aliphatic heterocycles. The van der Waals surface area contributed by atoms with Crippen molar-refractivity contribution in [1.29, 1.82) is 0 Å². The van der Waals surface area contributed by atoms with Crippen LogP contribution in [-0.4, -0.2) is 32.6 Å². The van der Waals surface area contributed by atoms with Crippen LogP contribution >= 0.6 is 11.6 Å². The molecular weight excluding hydrogens is 375 g/mol. The van der Waals surface area contributed by atoms with Crippen molar-refractivity contribution in [1.82, 2.24) is 0 Å². The van der Waals surface area contributed by atoms with Crippen molar-refractivity contribution < 1.29 is 23.5 Å². The minimum atomic E-state index is -0.547. The maximum Gasteiger partial charge on any atom is 0.229 e. The molecule has 6 nitrogen and oxygen atoms in total. The number of ether oxygens (including phenoxy) is 2. The summed E-state index contributed by atoms with van der Waals surface area (Å²) in [5, 5.41) is 3.12. The number of carbonyl (C=O) groups excluding carboxylic acids is 2. The second-order valence-corrected chi connectivity index (χ2v) is 6.47. The molecule has 0 unspecified atom stereocenters. The van der Waals surface area contributed by atoms with Crippen LogP contribution in [0.4, 0.5) is 15.8 Å². The summed E-state index contributed by atoms with van der Waals surface area (Å²) in [6.45, 7) is 0.212. The molecule has 0 aliphatic carbocycles. The van der Waals surface area contributed by atoms with Crippen LogP contribution in [0, 0.1) is 11.7 Å². The van der Waals surface area contributed by atoms with Crippen LogP contribution in [0.25, 0.3) is 0 Å². The molecule has 0 bridgehead atoms. The minimum Gasteiger partial charge on any atom is -0.495 e. The lowest BCUT2D eigenvalue weighted by molar-refractivity contribution is -0.122. The second kappa shape index (κ2) is 7.84. The van der Waals surface area contributed by atoms with Crippen molar-refractivity contribution in [3.63, 3.8) is 0 Å². The Kier molecular flexibility index (Phi) is 5.51. The zero-order valence-corrected chi connectivity index (χ0v) is 15.5.